The zero-order chi connectivity index (χ0) is 24.8. The molecule has 0 saturated heterocycles. The minimum absolute atomic E-state index is 0.165. The van der Waals surface area contributed by atoms with Crippen molar-refractivity contribution in [1.29, 1.82) is 0 Å². The molecule has 0 bridgehead atoms. The Morgan fingerprint density at radius 3 is 1.62 bits per heavy atom. The summed E-state index contributed by atoms with van der Waals surface area (Å²) in [4.78, 5) is 24.9. The van der Waals surface area contributed by atoms with E-state index in [-0.39, 0.29) is 6.03 Å². The second-order valence-corrected chi connectivity index (χ2v) is 10.2. The number of carbonyl (C=O) groups excluding carboxylic acids is 1. The van der Waals surface area contributed by atoms with Gasteiger partial charge in [0.25, 0.3) is 0 Å². The molecule has 3 aromatic rings. The number of fused-ring (bicyclic) bond motifs is 3. The lowest BCUT2D eigenvalue weighted by molar-refractivity contribution is 0.254. The fourth-order valence-electron chi connectivity index (χ4n) is 6.17. The number of carbonyl (C=O) groups is 1. The van der Waals surface area contributed by atoms with E-state index in [4.69, 9.17) is 4.99 Å². The molecule has 0 spiro atoms. The van der Waals surface area contributed by atoms with Gasteiger partial charge in [0.05, 0.1) is 5.71 Å². The minimum atomic E-state index is -0.165. The third-order valence-corrected chi connectivity index (χ3v) is 8.07. The quantitative estimate of drug-likeness (QED) is 0.427. The lowest BCUT2D eigenvalue weighted by Crippen LogP contribution is -2.27. The van der Waals surface area contributed by atoms with Gasteiger partial charge in [0, 0.05) is 49.1 Å². The number of hydrogen-bond donors (Lipinski definition) is 0. The second-order valence-electron chi connectivity index (χ2n) is 10.2. The maximum atomic E-state index is 13.6. The smallest absolute Gasteiger partial charge is 0.347 e. The lowest BCUT2D eigenvalue weighted by Gasteiger charge is -2.18. The van der Waals surface area contributed by atoms with Crippen LogP contribution in [0.3, 0.4) is 0 Å². The molecule has 4 aliphatic rings. The van der Waals surface area contributed by atoms with Gasteiger partial charge in [-0.1, -0.05) is 54.6 Å². The highest BCUT2D eigenvalue weighted by Crippen LogP contribution is 2.36. The minimum Gasteiger partial charge on any atom is -0.347 e. The van der Waals surface area contributed by atoms with Gasteiger partial charge in [-0.15, -0.1) is 0 Å². The first-order valence-corrected chi connectivity index (χ1v) is 13.3. The van der Waals surface area contributed by atoms with Crippen LogP contribution in [0, 0.1) is 0 Å². The highest BCUT2D eigenvalue weighted by Gasteiger charge is 2.30. The van der Waals surface area contributed by atoms with Gasteiger partial charge in [-0.3, -0.25) is 4.90 Å². The number of hydrogen-bond acceptors (Lipinski definition) is 3. The molecule has 0 aromatic heterocycles. The van der Waals surface area contributed by atoms with Crippen molar-refractivity contribution >= 4 is 28.8 Å². The van der Waals surface area contributed by atoms with E-state index < -0.39 is 0 Å². The van der Waals surface area contributed by atoms with Crippen LogP contribution in [0.4, 0.5) is 21.9 Å². The van der Waals surface area contributed by atoms with E-state index in [1.54, 1.807) is 0 Å². The van der Waals surface area contributed by atoms with E-state index in [9.17, 15) is 4.79 Å². The fourth-order valence-corrected chi connectivity index (χ4v) is 6.17. The highest BCUT2D eigenvalue weighted by atomic mass is 16.2. The second kappa shape index (κ2) is 9.07. The van der Waals surface area contributed by atoms with E-state index in [1.807, 2.05) is 23.1 Å². The Bertz CT molecular complexity index is 1410. The molecule has 7 rings (SSSR count). The van der Waals surface area contributed by atoms with Crippen LogP contribution in [0.5, 0.6) is 0 Å². The number of aliphatic imine (C=N–C) groups is 1. The molecule has 2 amide bonds. The monoisotopic (exact) mass is 486 g/mol. The van der Waals surface area contributed by atoms with E-state index in [0.29, 0.717) is 6.54 Å². The zero-order valence-electron chi connectivity index (χ0n) is 20.9. The lowest BCUT2D eigenvalue weighted by atomic mass is 10.1. The van der Waals surface area contributed by atoms with Crippen LogP contribution in [0.1, 0.15) is 29.5 Å². The van der Waals surface area contributed by atoms with Gasteiger partial charge in [0.1, 0.15) is 0 Å². The predicted octanol–water partition coefficient (Wildman–Crippen LogP) is 6.30. The van der Waals surface area contributed by atoms with Gasteiger partial charge in [-0.25, -0.2) is 4.79 Å². The van der Waals surface area contributed by atoms with E-state index in [1.165, 1.54) is 28.1 Å². The molecule has 1 fully saturated rings. The Hall–Kier alpha value is -4.12. The molecular formula is C32H30N4O. The first-order valence-electron chi connectivity index (χ1n) is 13.3. The largest absolute Gasteiger partial charge is 0.348 e. The van der Waals surface area contributed by atoms with Crippen molar-refractivity contribution in [2.24, 2.45) is 4.99 Å². The molecule has 3 aliphatic heterocycles. The summed E-state index contributed by atoms with van der Waals surface area (Å²) in [5, 5.41) is 0. The summed E-state index contributed by atoms with van der Waals surface area (Å²) in [6.07, 6.45) is 9.24. The summed E-state index contributed by atoms with van der Waals surface area (Å²) in [5.41, 5.74) is 10.6. The maximum Gasteiger partial charge on any atom is 0.348 e. The molecule has 0 N–H and O–H groups in total. The molecule has 1 aliphatic carbocycles. The molecule has 0 atom stereocenters. The van der Waals surface area contributed by atoms with Crippen LogP contribution < -0.4 is 14.7 Å². The number of allylic oxidation sites excluding steroid dienone is 2. The number of para-hydroxylation sites is 3. The summed E-state index contributed by atoms with van der Waals surface area (Å²) in [6, 6.07) is 25.2. The van der Waals surface area contributed by atoms with Crippen molar-refractivity contribution in [2.45, 2.75) is 32.1 Å². The van der Waals surface area contributed by atoms with Crippen LogP contribution in [-0.2, 0) is 19.3 Å². The third kappa shape index (κ3) is 3.95. The summed E-state index contributed by atoms with van der Waals surface area (Å²) < 4.78 is 0. The average molecular weight is 487 g/mol. The van der Waals surface area contributed by atoms with Gasteiger partial charge < -0.3 is 9.80 Å². The number of nitrogens with zero attached hydrogens (tertiary/aromatic N) is 4. The van der Waals surface area contributed by atoms with Crippen molar-refractivity contribution in [1.82, 2.24) is 0 Å². The zero-order valence-corrected chi connectivity index (χ0v) is 20.9. The maximum absolute atomic E-state index is 13.6. The molecule has 3 aromatic carbocycles. The van der Waals surface area contributed by atoms with Crippen molar-refractivity contribution < 1.29 is 4.79 Å². The number of urea groups is 1. The van der Waals surface area contributed by atoms with Gasteiger partial charge in [0.2, 0.25) is 0 Å². The molecule has 1 saturated carbocycles. The van der Waals surface area contributed by atoms with Crippen molar-refractivity contribution in [3.63, 3.8) is 0 Å². The van der Waals surface area contributed by atoms with Crippen LogP contribution in [0.25, 0.3) is 0 Å². The Morgan fingerprint density at radius 2 is 1.05 bits per heavy atom. The molecular weight excluding hydrogens is 456 g/mol. The van der Waals surface area contributed by atoms with Gasteiger partial charge in [-0.05, 0) is 78.1 Å². The number of benzene rings is 3. The summed E-state index contributed by atoms with van der Waals surface area (Å²) in [5.74, 6) is 0. The summed E-state index contributed by atoms with van der Waals surface area (Å²) >= 11 is 0. The Morgan fingerprint density at radius 1 is 0.595 bits per heavy atom. The topological polar surface area (TPSA) is 39.2 Å². The molecule has 37 heavy (non-hydrogen) atoms. The SMILES string of the molecule is O=C(N=C1C(=CN2CCc3ccccc32)CCC1=CN1CCc2ccccc21)N1CCc2ccccc21. The van der Waals surface area contributed by atoms with Gasteiger partial charge in [-0.2, -0.15) is 4.99 Å². The molecule has 0 radical (unpaired) electrons. The highest BCUT2D eigenvalue weighted by molar-refractivity contribution is 6.20. The predicted molar refractivity (Wildman–Crippen MR) is 151 cm³/mol. The van der Waals surface area contributed by atoms with E-state index in [0.717, 1.165) is 67.7 Å². The third-order valence-electron chi connectivity index (χ3n) is 8.07. The molecule has 5 heteroatoms. The van der Waals surface area contributed by atoms with Crippen LogP contribution >= 0.6 is 0 Å². The molecule has 5 nitrogen and oxygen atoms in total. The van der Waals surface area contributed by atoms with Crippen LogP contribution in [0.2, 0.25) is 0 Å². The standard InChI is InChI=1S/C32H30N4O/c37-32(36-20-17-25-9-3-6-12-30(25)36)33-31-26(21-34-18-15-23-7-1-4-10-28(23)34)13-14-27(31)22-35-19-16-24-8-2-5-11-29(24)35/h1-12,21-22H,13-20H2. The van der Waals surface area contributed by atoms with Crippen molar-refractivity contribution in [2.75, 3.05) is 34.3 Å². The Kier molecular flexibility index (Phi) is 5.42. The van der Waals surface area contributed by atoms with E-state index >= 15 is 0 Å². The summed E-state index contributed by atoms with van der Waals surface area (Å²) in [6.45, 7) is 2.61. The van der Waals surface area contributed by atoms with Crippen LogP contribution in [0.15, 0.2) is 101 Å². The number of anilines is 3. The Labute approximate surface area is 218 Å². The van der Waals surface area contributed by atoms with Crippen molar-refractivity contribution in [3.05, 3.63) is 113 Å². The van der Waals surface area contributed by atoms with Crippen LogP contribution in [-0.4, -0.2) is 31.4 Å². The van der Waals surface area contributed by atoms with Gasteiger partial charge in [0.15, 0.2) is 0 Å². The number of amides is 2. The normalized spacial score (nSPS) is 20.1. The van der Waals surface area contributed by atoms with E-state index in [2.05, 4.69) is 76.8 Å². The average Bonchev–Trinajstić information content (AvgIpc) is 3.72. The first-order chi connectivity index (χ1) is 18.2. The molecule has 184 valence electrons. The first kappa shape index (κ1) is 22.1. The molecule has 0 unspecified atom stereocenters. The molecule has 3 heterocycles. The van der Waals surface area contributed by atoms with Gasteiger partial charge >= 0.3 is 6.03 Å². The van der Waals surface area contributed by atoms with Crippen molar-refractivity contribution in [3.8, 4) is 0 Å². The summed E-state index contributed by atoms with van der Waals surface area (Å²) in [7, 11) is 0. The fraction of sp³-hybridized carbons (Fsp3) is 0.250. The Balaban J connectivity index is 1.26. The number of rotatable bonds is 2.